The number of rotatable bonds is 5. The molecule has 24 heavy (non-hydrogen) atoms. The topological polar surface area (TPSA) is 118 Å². The van der Waals surface area contributed by atoms with Gasteiger partial charge in [-0.1, -0.05) is 0 Å². The van der Waals surface area contributed by atoms with Gasteiger partial charge in [-0.05, 0) is 31.2 Å². The smallest absolute Gasteiger partial charge is 0.338 e. The molecule has 0 unspecified atom stereocenters. The van der Waals surface area contributed by atoms with E-state index in [0.29, 0.717) is 5.56 Å². The van der Waals surface area contributed by atoms with Gasteiger partial charge in [0.2, 0.25) is 0 Å². The Morgan fingerprint density at radius 1 is 1.21 bits per heavy atom. The molecule has 0 saturated heterocycles. The lowest BCUT2D eigenvalue weighted by molar-refractivity contribution is -0.138. The monoisotopic (exact) mass is 329 g/mol. The first-order valence-electron chi connectivity index (χ1n) is 7.16. The summed E-state index contributed by atoms with van der Waals surface area (Å²) in [6.45, 7) is 1.57. The van der Waals surface area contributed by atoms with Crippen molar-refractivity contribution in [1.29, 1.82) is 5.26 Å². The molecule has 0 fully saturated rings. The van der Waals surface area contributed by atoms with Gasteiger partial charge in [0.05, 0.1) is 41.6 Å². The second-order valence-electron chi connectivity index (χ2n) is 4.75. The SMILES string of the molecule is CCOC(=O)C1=C(COC(=O)c2ccc(C#N)cc2)NC(=O)NC1. The maximum atomic E-state index is 12.0. The molecular weight excluding hydrogens is 314 g/mol. The van der Waals surface area contributed by atoms with Crippen molar-refractivity contribution in [2.45, 2.75) is 6.92 Å². The van der Waals surface area contributed by atoms with E-state index < -0.39 is 18.0 Å². The van der Waals surface area contributed by atoms with Crippen LogP contribution in [0.3, 0.4) is 0 Å². The van der Waals surface area contributed by atoms with Gasteiger partial charge in [-0.2, -0.15) is 5.26 Å². The van der Waals surface area contributed by atoms with Crippen molar-refractivity contribution in [2.24, 2.45) is 0 Å². The number of carbonyl (C=O) groups excluding carboxylic acids is 3. The van der Waals surface area contributed by atoms with Crippen molar-refractivity contribution in [3.63, 3.8) is 0 Å². The number of benzene rings is 1. The van der Waals surface area contributed by atoms with E-state index >= 15 is 0 Å². The van der Waals surface area contributed by atoms with Crippen LogP contribution in [0.1, 0.15) is 22.8 Å². The predicted molar refractivity (Wildman–Crippen MR) is 81.6 cm³/mol. The van der Waals surface area contributed by atoms with Crippen molar-refractivity contribution in [1.82, 2.24) is 10.6 Å². The standard InChI is InChI=1S/C16H15N3O5/c1-2-23-15(21)12-8-18-16(22)19-13(12)9-24-14(20)11-5-3-10(7-17)4-6-11/h3-6H,2,8-9H2,1H3,(H2,18,19,22). The number of amides is 2. The molecule has 1 heterocycles. The average Bonchev–Trinajstić information content (AvgIpc) is 2.60. The van der Waals surface area contributed by atoms with E-state index in [1.807, 2.05) is 6.07 Å². The van der Waals surface area contributed by atoms with Gasteiger partial charge in [-0.25, -0.2) is 14.4 Å². The van der Waals surface area contributed by atoms with Crippen LogP contribution in [-0.2, 0) is 14.3 Å². The Morgan fingerprint density at radius 2 is 1.92 bits per heavy atom. The predicted octanol–water partition coefficient (Wildman–Crippen LogP) is 0.845. The van der Waals surface area contributed by atoms with Gasteiger partial charge >= 0.3 is 18.0 Å². The van der Waals surface area contributed by atoms with Crippen LogP contribution >= 0.6 is 0 Å². The Balaban J connectivity index is 2.08. The molecule has 0 aromatic heterocycles. The number of nitriles is 1. The molecule has 0 atom stereocenters. The molecule has 124 valence electrons. The van der Waals surface area contributed by atoms with Crippen LogP contribution in [0, 0.1) is 11.3 Å². The molecule has 2 amide bonds. The molecule has 1 aliphatic rings. The van der Waals surface area contributed by atoms with Crippen LogP contribution in [0.4, 0.5) is 4.79 Å². The zero-order chi connectivity index (χ0) is 17.5. The van der Waals surface area contributed by atoms with Crippen molar-refractivity contribution < 1.29 is 23.9 Å². The largest absolute Gasteiger partial charge is 0.463 e. The summed E-state index contributed by atoms with van der Waals surface area (Å²) in [6, 6.07) is 7.36. The van der Waals surface area contributed by atoms with E-state index in [-0.39, 0.29) is 36.6 Å². The normalized spacial score (nSPS) is 13.4. The van der Waals surface area contributed by atoms with Crippen LogP contribution < -0.4 is 10.6 Å². The zero-order valence-electron chi connectivity index (χ0n) is 12.9. The molecule has 1 aliphatic heterocycles. The van der Waals surface area contributed by atoms with Gasteiger partial charge in [0.1, 0.15) is 6.61 Å². The minimum Gasteiger partial charge on any atom is -0.463 e. The maximum absolute atomic E-state index is 12.0. The Hall–Kier alpha value is -3.34. The Labute approximate surface area is 138 Å². The Kier molecular flexibility index (Phi) is 5.52. The van der Waals surface area contributed by atoms with Crippen LogP contribution in [0.25, 0.3) is 0 Å². The van der Waals surface area contributed by atoms with Gasteiger partial charge in [0, 0.05) is 0 Å². The minimum atomic E-state index is -0.636. The number of urea groups is 1. The molecule has 0 spiro atoms. The third-order valence-corrected chi connectivity index (χ3v) is 3.17. The van der Waals surface area contributed by atoms with E-state index in [1.54, 1.807) is 6.92 Å². The van der Waals surface area contributed by atoms with E-state index in [2.05, 4.69) is 10.6 Å². The first-order valence-corrected chi connectivity index (χ1v) is 7.16. The first kappa shape index (κ1) is 17.0. The lowest BCUT2D eigenvalue weighted by Crippen LogP contribution is -2.45. The molecule has 1 aromatic rings. The van der Waals surface area contributed by atoms with Crippen molar-refractivity contribution in [2.75, 3.05) is 19.8 Å². The van der Waals surface area contributed by atoms with Crippen LogP contribution in [-0.4, -0.2) is 37.7 Å². The summed E-state index contributed by atoms with van der Waals surface area (Å²) in [6.07, 6.45) is 0. The summed E-state index contributed by atoms with van der Waals surface area (Å²) < 4.78 is 10.0. The highest BCUT2D eigenvalue weighted by Gasteiger charge is 2.24. The molecule has 1 aromatic carbocycles. The van der Waals surface area contributed by atoms with Crippen molar-refractivity contribution in [3.05, 3.63) is 46.7 Å². The van der Waals surface area contributed by atoms with E-state index in [1.165, 1.54) is 24.3 Å². The molecule has 8 heteroatoms. The quantitative estimate of drug-likeness (QED) is 0.773. The third kappa shape index (κ3) is 4.10. The highest BCUT2D eigenvalue weighted by Crippen LogP contribution is 2.11. The maximum Gasteiger partial charge on any atom is 0.338 e. The van der Waals surface area contributed by atoms with Gasteiger partial charge in [-0.15, -0.1) is 0 Å². The number of nitrogens with zero attached hydrogens (tertiary/aromatic N) is 1. The highest BCUT2D eigenvalue weighted by atomic mass is 16.5. The lowest BCUT2D eigenvalue weighted by Gasteiger charge is -2.21. The van der Waals surface area contributed by atoms with Crippen molar-refractivity contribution in [3.8, 4) is 6.07 Å². The molecule has 2 rings (SSSR count). The molecule has 2 N–H and O–H groups in total. The van der Waals surface area contributed by atoms with E-state index in [0.717, 1.165) is 0 Å². The van der Waals surface area contributed by atoms with Crippen LogP contribution in [0.15, 0.2) is 35.5 Å². The summed E-state index contributed by atoms with van der Waals surface area (Å²) in [4.78, 5) is 35.3. The zero-order valence-corrected chi connectivity index (χ0v) is 12.9. The van der Waals surface area contributed by atoms with Gasteiger partial charge in [0.15, 0.2) is 0 Å². The van der Waals surface area contributed by atoms with Crippen LogP contribution in [0.5, 0.6) is 0 Å². The molecule has 8 nitrogen and oxygen atoms in total. The van der Waals surface area contributed by atoms with Gasteiger partial charge in [-0.3, -0.25) is 0 Å². The van der Waals surface area contributed by atoms with Crippen LogP contribution in [0.2, 0.25) is 0 Å². The number of ether oxygens (including phenoxy) is 2. The van der Waals surface area contributed by atoms with E-state index in [9.17, 15) is 14.4 Å². The summed E-state index contributed by atoms with van der Waals surface area (Å²) in [5, 5.41) is 13.6. The summed E-state index contributed by atoms with van der Waals surface area (Å²) in [5.41, 5.74) is 1.06. The average molecular weight is 329 g/mol. The summed E-state index contributed by atoms with van der Waals surface area (Å²) in [7, 11) is 0. The molecule has 0 saturated carbocycles. The van der Waals surface area contributed by atoms with E-state index in [4.69, 9.17) is 14.7 Å². The number of hydrogen-bond donors (Lipinski definition) is 2. The number of hydrogen-bond acceptors (Lipinski definition) is 6. The molecule has 0 bridgehead atoms. The Bertz CT molecular complexity index is 731. The summed E-state index contributed by atoms with van der Waals surface area (Å²) in [5.74, 6) is -1.22. The second-order valence-corrected chi connectivity index (χ2v) is 4.75. The first-order chi connectivity index (χ1) is 11.5. The number of esters is 2. The number of carbonyl (C=O) groups is 3. The third-order valence-electron chi connectivity index (χ3n) is 3.17. The fourth-order valence-electron chi connectivity index (χ4n) is 1.97. The molecule has 0 aliphatic carbocycles. The minimum absolute atomic E-state index is 0.00554. The highest BCUT2D eigenvalue weighted by molar-refractivity contribution is 5.94. The van der Waals surface area contributed by atoms with Crippen molar-refractivity contribution >= 4 is 18.0 Å². The molecule has 0 radical (unpaired) electrons. The fraction of sp³-hybridized carbons (Fsp3) is 0.250. The van der Waals surface area contributed by atoms with Gasteiger partial charge < -0.3 is 20.1 Å². The fourth-order valence-corrected chi connectivity index (χ4v) is 1.97. The Morgan fingerprint density at radius 3 is 2.54 bits per heavy atom. The molecular formula is C16H15N3O5. The number of nitrogens with one attached hydrogen (secondary N) is 2. The van der Waals surface area contributed by atoms with Gasteiger partial charge in [0.25, 0.3) is 0 Å². The summed E-state index contributed by atoms with van der Waals surface area (Å²) >= 11 is 0. The lowest BCUT2D eigenvalue weighted by atomic mass is 10.1. The second kappa shape index (κ2) is 7.78.